The van der Waals surface area contributed by atoms with Crippen molar-refractivity contribution in [3.8, 4) is 0 Å². The van der Waals surface area contributed by atoms with Crippen molar-refractivity contribution >= 4 is 0 Å². The standard InChI is InChI=1S/C27H28O2/c1-3-14-26(28-21-4-2)22-29-27(23-15-8-5-9-16-23,24-17-10-6-11-18-24)25-19-12-7-13-20-25/h3-13,15-20,26H,1-2,14,21-22H2/t26-/m0/s1. The maximum Gasteiger partial charge on any atom is 0.143 e. The van der Waals surface area contributed by atoms with Crippen molar-refractivity contribution in [1.82, 2.24) is 0 Å². The van der Waals surface area contributed by atoms with Gasteiger partial charge in [0.05, 0.1) is 19.3 Å². The molecule has 1 atom stereocenters. The first-order valence-electron chi connectivity index (χ1n) is 9.95. The van der Waals surface area contributed by atoms with E-state index in [-0.39, 0.29) is 6.10 Å². The zero-order valence-electron chi connectivity index (χ0n) is 16.7. The molecular weight excluding hydrogens is 356 g/mol. The zero-order valence-corrected chi connectivity index (χ0v) is 16.7. The van der Waals surface area contributed by atoms with Gasteiger partial charge in [0.1, 0.15) is 5.60 Å². The van der Waals surface area contributed by atoms with Gasteiger partial charge in [-0.15, -0.1) is 13.2 Å². The van der Waals surface area contributed by atoms with E-state index in [4.69, 9.17) is 9.47 Å². The Bertz CT molecular complexity index is 776. The molecule has 3 aromatic rings. The summed E-state index contributed by atoms with van der Waals surface area (Å²) in [5, 5.41) is 0. The highest BCUT2D eigenvalue weighted by Gasteiger charge is 2.38. The minimum Gasteiger partial charge on any atom is -0.371 e. The summed E-state index contributed by atoms with van der Waals surface area (Å²) in [5.74, 6) is 0. The highest BCUT2D eigenvalue weighted by atomic mass is 16.5. The van der Waals surface area contributed by atoms with Crippen LogP contribution in [0.1, 0.15) is 23.1 Å². The third kappa shape index (κ3) is 4.92. The van der Waals surface area contributed by atoms with Crippen LogP contribution in [0.5, 0.6) is 0 Å². The van der Waals surface area contributed by atoms with Crippen LogP contribution >= 0.6 is 0 Å². The summed E-state index contributed by atoms with van der Waals surface area (Å²) in [7, 11) is 0. The van der Waals surface area contributed by atoms with Crippen LogP contribution in [0.3, 0.4) is 0 Å². The molecule has 0 spiro atoms. The average molecular weight is 385 g/mol. The van der Waals surface area contributed by atoms with E-state index in [1.807, 2.05) is 24.3 Å². The largest absolute Gasteiger partial charge is 0.371 e. The van der Waals surface area contributed by atoms with Gasteiger partial charge in [-0.25, -0.2) is 0 Å². The molecule has 0 amide bonds. The predicted octanol–water partition coefficient (Wildman–Crippen LogP) is 6.14. The van der Waals surface area contributed by atoms with Crippen LogP contribution in [0, 0.1) is 0 Å². The highest BCUT2D eigenvalue weighted by molar-refractivity contribution is 5.47. The SMILES string of the molecule is C=CCO[C@@H](CC=C)COC(c1ccccc1)(c1ccccc1)c1ccccc1. The lowest BCUT2D eigenvalue weighted by Crippen LogP contribution is -2.36. The molecule has 0 saturated heterocycles. The first-order chi connectivity index (χ1) is 14.3. The lowest BCUT2D eigenvalue weighted by molar-refractivity contribution is -0.0577. The van der Waals surface area contributed by atoms with Gasteiger partial charge >= 0.3 is 0 Å². The molecule has 2 heteroatoms. The van der Waals surface area contributed by atoms with Crippen LogP contribution in [0.25, 0.3) is 0 Å². The third-order valence-electron chi connectivity index (χ3n) is 4.91. The number of rotatable bonds is 11. The maximum atomic E-state index is 6.79. The summed E-state index contributed by atoms with van der Waals surface area (Å²) in [6.45, 7) is 8.53. The van der Waals surface area contributed by atoms with Crippen LogP contribution in [-0.2, 0) is 15.1 Å². The normalized spacial score (nSPS) is 12.3. The molecule has 0 fully saturated rings. The van der Waals surface area contributed by atoms with Crippen LogP contribution in [-0.4, -0.2) is 19.3 Å². The molecule has 0 heterocycles. The molecule has 0 radical (unpaired) electrons. The summed E-state index contributed by atoms with van der Waals surface area (Å²) in [5.41, 5.74) is 2.51. The van der Waals surface area contributed by atoms with Gasteiger partial charge in [-0.2, -0.15) is 0 Å². The summed E-state index contributed by atoms with van der Waals surface area (Å²) in [6.07, 6.45) is 4.24. The van der Waals surface area contributed by atoms with Gasteiger partial charge in [0.2, 0.25) is 0 Å². The Kier molecular flexibility index (Phi) is 7.57. The maximum absolute atomic E-state index is 6.79. The number of hydrogen-bond acceptors (Lipinski definition) is 2. The molecule has 0 N–H and O–H groups in total. The number of benzene rings is 3. The van der Waals surface area contributed by atoms with E-state index in [9.17, 15) is 0 Å². The molecule has 0 bridgehead atoms. The van der Waals surface area contributed by atoms with Crippen molar-refractivity contribution < 1.29 is 9.47 Å². The van der Waals surface area contributed by atoms with Crippen molar-refractivity contribution in [3.63, 3.8) is 0 Å². The number of hydrogen-bond donors (Lipinski definition) is 0. The van der Waals surface area contributed by atoms with Gasteiger partial charge in [0.25, 0.3) is 0 Å². The molecule has 0 saturated carbocycles. The summed E-state index contributed by atoms with van der Waals surface area (Å²) < 4.78 is 12.7. The smallest absolute Gasteiger partial charge is 0.143 e. The topological polar surface area (TPSA) is 18.5 Å². The van der Waals surface area contributed by atoms with Crippen molar-refractivity contribution in [2.24, 2.45) is 0 Å². The fraction of sp³-hybridized carbons (Fsp3) is 0.185. The van der Waals surface area contributed by atoms with E-state index < -0.39 is 5.60 Å². The first kappa shape index (κ1) is 20.8. The summed E-state index contributed by atoms with van der Waals surface area (Å²) in [4.78, 5) is 0. The second-order valence-electron chi connectivity index (χ2n) is 6.86. The molecule has 0 unspecified atom stereocenters. The summed E-state index contributed by atoms with van der Waals surface area (Å²) >= 11 is 0. The molecule has 0 aliphatic rings. The Balaban J connectivity index is 2.09. The second-order valence-corrected chi connectivity index (χ2v) is 6.86. The second kappa shape index (κ2) is 10.6. The zero-order chi connectivity index (χ0) is 20.4. The van der Waals surface area contributed by atoms with Gasteiger partial charge < -0.3 is 9.47 Å². The summed E-state index contributed by atoms with van der Waals surface area (Å²) in [6, 6.07) is 31.1. The lowest BCUT2D eigenvalue weighted by Gasteiger charge is -2.37. The van der Waals surface area contributed by atoms with E-state index in [0.717, 1.165) is 16.7 Å². The Morgan fingerprint density at radius 1 is 0.690 bits per heavy atom. The lowest BCUT2D eigenvalue weighted by atomic mass is 9.80. The van der Waals surface area contributed by atoms with Gasteiger partial charge in [0.15, 0.2) is 0 Å². The molecular formula is C27H28O2. The molecule has 148 valence electrons. The predicted molar refractivity (Wildman–Crippen MR) is 120 cm³/mol. The van der Waals surface area contributed by atoms with Crippen molar-refractivity contribution in [3.05, 3.63) is 133 Å². The van der Waals surface area contributed by atoms with Gasteiger partial charge in [0, 0.05) is 0 Å². The Labute approximate surface area is 174 Å². The molecule has 0 aliphatic carbocycles. The minimum atomic E-state index is -0.735. The van der Waals surface area contributed by atoms with Crippen LogP contribution in [0.15, 0.2) is 116 Å². The van der Waals surface area contributed by atoms with E-state index in [2.05, 4.69) is 86.0 Å². The molecule has 0 aliphatic heterocycles. The van der Waals surface area contributed by atoms with E-state index in [1.54, 1.807) is 6.08 Å². The van der Waals surface area contributed by atoms with Gasteiger partial charge in [-0.1, -0.05) is 103 Å². The van der Waals surface area contributed by atoms with Crippen LogP contribution in [0.2, 0.25) is 0 Å². The van der Waals surface area contributed by atoms with E-state index in [1.165, 1.54) is 0 Å². The van der Waals surface area contributed by atoms with Crippen LogP contribution < -0.4 is 0 Å². The molecule has 29 heavy (non-hydrogen) atoms. The van der Waals surface area contributed by atoms with E-state index >= 15 is 0 Å². The Hall–Kier alpha value is -2.94. The fourth-order valence-electron chi connectivity index (χ4n) is 3.56. The molecule has 0 aromatic heterocycles. The highest BCUT2D eigenvalue weighted by Crippen LogP contribution is 2.40. The quantitative estimate of drug-likeness (QED) is 0.292. The first-order valence-corrected chi connectivity index (χ1v) is 9.95. The van der Waals surface area contributed by atoms with E-state index in [0.29, 0.717) is 19.6 Å². The third-order valence-corrected chi connectivity index (χ3v) is 4.91. The van der Waals surface area contributed by atoms with Crippen molar-refractivity contribution in [2.75, 3.05) is 13.2 Å². The minimum absolute atomic E-state index is 0.0963. The van der Waals surface area contributed by atoms with Gasteiger partial charge in [-0.3, -0.25) is 0 Å². The molecule has 3 aromatic carbocycles. The van der Waals surface area contributed by atoms with Crippen molar-refractivity contribution in [1.29, 1.82) is 0 Å². The fourth-order valence-corrected chi connectivity index (χ4v) is 3.56. The molecule has 2 nitrogen and oxygen atoms in total. The van der Waals surface area contributed by atoms with Crippen LogP contribution in [0.4, 0.5) is 0 Å². The molecule has 3 rings (SSSR count). The number of ether oxygens (including phenoxy) is 2. The monoisotopic (exact) mass is 384 g/mol. The van der Waals surface area contributed by atoms with Crippen molar-refractivity contribution in [2.45, 2.75) is 18.1 Å². The Morgan fingerprint density at radius 3 is 1.52 bits per heavy atom. The van der Waals surface area contributed by atoms with Gasteiger partial charge in [-0.05, 0) is 23.1 Å². The Morgan fingerprint density at radius 2 is 1.14 bits per heavy atom. The average Bonchev–Trinajstić information content (AvgIpc) is 2.80.